The highest BCUT2D eigenvalue weighted by Gasteiger charge is 2.25. The summed E-state index contributed by atoms with van der Waals surface area (Å²) in [4.78, 5) is 24.2. The molecule has 1 N–H and O–H groups in total. The van der Waals surface area contributed by atoms with Crippen molar-refractivity contribution in [1.29, 1.82) is 0 Å². The average Bonchev–Trinajstić information content (AvgIpc) is 2.46. The van der Waals surface area contributed by atoms with Gasteiger partial charge in [0.1, 0.15) is 0 Å². The van der Waals surface area contributed by atoms with Gasteiger partial charge in [-0.15, -0.1) is 0 Å². The van der Waals surface area contributed by atoms with Gasteiger partial charge in [-0.1, -0.05) is 34.1 Å². The zero-order chi connectivity index (χ0) is 17.6. The summed E-state index contributed by atoms with van der Waals surface area (Å²) in [5.74, 6) is -1.28. The topological polar surface area (TPSA) is 63.6 Å². The second kappa shape index (κ2) is 8.70. The van der Waals surface area contributed by atoms with Crippen LogP contribution in [0.3, 0.4) is 0 Å². The molecule has 1 aromatic carbocycles. The molecule has 0 amide bonds. The number of ether oxygens (including phenoxy) is 1. The molecule has 0 heterocycles. The summed E-state index contributed by atoms with van der Waals surface area (Å²) in [6.07, 6.45) is 3.09. The van der Waals surface area contributed by atoms with Crippen LogP contribution in [0.15, 0.2) is 6.07 Å². The second-order valence-electron chi connectivity index (χ2n) is 6.32. The van der Waals surface area contributed by atoms with Crippen LogP contribution in [-0.2, 0) is 17.6 Å². The highest BCUT2D eigenvalue weighted by atomic mass is 16.5. The van der Waals surface area contributed by atoms with Gasteiger partial charge < -0.3 is 9.84 Å². The molecule has 0 saturated heterocycles. The van der Waals surface area contributed by atoms with E-state index in [4.69, 9.17) is 4.74 Å². The van der Waals surface area contributed by atoms with Crippen molar-refractivity contribution in [2.75, 3.05) is 6.61 Å². The molecule has 128 valence electrons. The smallest absolute Gasteiger partial charge is 0.339 e. The SMILES string of the molecule is CCCCOC(=O)c1cc(C)c(CC)c(CC(C)C)c1C(=O)O. The molecular formula is C19H28O4. The van der Waals surface area contributed by atoms with Gasteiger partial charge in [-0.3, -0.25) is 0 Å². The van der Waals surface area contributed by atoms with E-state index in [2.05, 4.69) is 0 Å². The molecule has 0 atom stereocenters. The van der Waals surface area contributed by atoms with Crippen molar-refractivity contribution in [3.8, 4) is 0 Å². The number of unbranched alkanes of at least 4 members (excludes halogenated alkanes) is 1. The third-order valence-corrected chi connectivity index (χ3v) is 3.90. The minimum Gasteiger partial charge on any atom is -0.478 e. The van der Waals surface area contributed by atoms with Gasteiger partial charge in [0.2, 0.25) is 0 Å². The number of carbonyl (C=O) groups is 2. The van der Waals surface area contributed by atoms with Crippen molar-refractivity contribution in [3.05, 3.63) is 33.9 Å². The van der Waals surface area contributed by atoms with Crippen LogP contribution in [0.2, 0.25) is 0 Å². The Kier molecular flexibility index (Phi) is 7.27. The Bertz CT molecular complexity index is 573. The second-order valence-corrected chi connectivity index (χ2v) is 6.32. The number of carbonyl (C=O) groups excluding carboxylic acids is 1. The number of benzene rings is 1. The summed E-state index contributed by atoms with van der Waals surface area (Å²) in [5, 5.41) is 9.68. The molecule has 0 radical (unpaired) electrons. The van der Waals surface area contributed by atoms with Crippen LogP contribution in [0.25, 0.3) is 0 Å². The van der Waals surface area contributed by atoms with Gasteiger partial charge in [-0.05, 0) is 54.9 Å². The molecule has 0 aliphatic heterocycles. The Morgan fingerprint density at radius 3 is 2.35 bits per heavy atom. The maximum atomic E-state index is 12.3. The summed E-state index contributed by atoms with van der Waals surface area (Å²) in [5.41, 5.74) is 3.05. The first-order valence-electron chi connectivity index (χ1n) is 8.39. The van der Waals surface area contributed by atoms with Gasteiger partial charge in [0, 0.05) is 0 Å². The number of rotatable bonds is 8. The molecule has 0 aromatic heterocycles. The van der Waals surface area contributed by atoms with Crippen molar-refractivity contribution in [3.63, 3.8) is 0 Å². The Hall–Kier alpha value is -1.84. The summed E-state index contributed by atoms with van der Waals surface area (Å²) < 4.78 is 5.25. The van der Waals surface area contributed by atoms with Crippen molar-refractivity contribution in [1.82, 2.24) is 0 Å². The summed E-state index contributed by atoms with van der Waals surface area (Å²) in [6, 6.07) is 1.67. The molecule has 0 saturated carbocycles. The molecule has 0 fully saturated rings. The van der Waals surface area contributed by atoms with Crippen LogP contribution in [0.4, 0.5) is 0 Å². The summed E-state index contributed by atoms with van der Waals surface area (Å²) >= 11 is 0. The van der Waals surface area contributed by atoms with Gasteiger partial charge >= 0.3 is 11.9 Å². The molecule has 0 bridgehead atoms. The van der Waals surface area contributed by atoms with Gasteiger partial charge in [0.05, 0.1) is 17.7 Å². The lowest BCUT2D eigenvalue weighted by Gasteiger charge is -2.19. The van der Waals surface area contributed by atoms with Gasteiger partial charge in [0.25, 0.3) is 0 Å². The fourth-order valence-corrected chi connectivity index (χ4v) is 2.85. The maximum Gasteiger partial charge on any atom is 0.339 e. The molecule has 4 nitrogen and oxygen atoms in total. The molecular weight excluding hydrogens is 292 g/mol. The lowest BCUT2D eigenvalue weighted by atomic mass is 9.86. The molecule has 0 unspecified atom stereocenters. The molecule has 1 aromatic rings. The summed E-state index contributed by atoms with van der Waals surface area (Å²) in [6.45, 7) is 10.4. The average molecular weight is 320 g/mol. The molecule has 0 aliphatic rings. The van der Waals surface area contributed by atoms with E-state index in [0.29, 0.717) is 18.9 Å². The van der Waals surface area contributed by atoms with E-state index in [1.165, 1.54) is 0 Å². The van der Waals surface area contributed by atoms with Gasteiger partial charge in [-0.25, -0.2) is 9.59 Å². The Morgan fingerprint density at radius 1 is 1.22 bits per heavy atom. The number of esters is 1. The van der Waals surface area contributed by atoms with E-state index in [1.807, 2.05) is 34.6 Å². The van der Waals surface area contributed by atoms with Crippen molar-refractivity contribution in [2.45, 2.75) is 60.3 Å². The minimum atomic E-state index is -1.06. The van der Waals surface area contributed by atoms with Crippen LogP contribution in [0.1, 0.15) is 77.9 Å². The monoisotopic (exact) mass is 320 g/mol. The quantitative estimate of drug-likeness (QED) is 0.569. The van der Waals surface area contributed by atoms with Gasteiger partial charge in [0.15, 0.2) is 0 Å². The van der Waals surface area contributed by atoms with Gasteiger partial charge in [-0.2, -0.15) is 0 Å². The van der Waals surface area contributed by atoms with Crippen molar-refractivity contribution >= 4 is 11.9 Å². The number of carboxylic acids is 1. The fourth-order valence-electron chi connectivity index (χ4n) is 2.85. The third-order valence-electron chi connectivity index (χ3n) is 3.90. The lowest BCUT2D eigenvalue weighted by molar-refractivity contribution is 0.0488. The van der Waals surface area contributed by atoms with Crippen LogP contribution >= 0.6 is 0 Å². The molecule has 0 aliphatic carbocycles. The minimum absolute atomic E-state index is 0.114. The highest BCUT2D eigenvalue weighted by molar-refractivity contribution is 6.04. The van der Waals surface area contributed by atoms with Crippen LogP contribution in [0.5, 0.6) is 0 Å². The Balaban J connectivity index is 3.42. The van der Waals surface area contributed by atoms with E-state index >= 15 is 0 Å². The van der Waals surface area contributed by atoms with E-state index < -0.39 is 11.9 Å². The number of aryl methyl sites for hydroxylation is 1. The Morgan fingerprint density at radius 2 is 1.87 bits per heavy atom. The van der Waals surface area contributed by atoms with E-state index in [9.17, 15) is 14.7 Å². The number of hydrogen-bond acceptors (Lipinski definition) is 3. The van der Waals surface area contributed by atoms with Crippen LogP contribution < -0.4 is 0 Å². The largest absolute Gasteiger partial charge is 0.478 e. The number of carboxylic acid groups (broad SMARTS) is 1. The zero-order valence-electron chi connectivity index (χ0n) is 14.9. The first-order chi connectivity index (χ1) is 10.8. The lowest BCUT2D eigenvalue weighted by Crippen LogP contribution is -2.18. The normalized spacial score (nSPS) is 10.9. The maximum absolute atomic E-state index is 12.3. The predicted octanol–water partition coefficient (Wildman–Crippen LogP) is 4.41. The van der Waals surface area contributed by atoms with E-state index in [0.717, 1.165) is 36.0 Å². The van der Waals surface area contributed by atoms with Crippen molar-refractivity contribution in [2.24, 2.45) is 5.92 Å². The van der Waals surface area contributed by atoms with Crippen LogP contribution in [0, 0.1) is 12.8 Å². The molecule has 4 heteroatoms. The Labute approximate surface area is 138 Å². The molecule has 23 heavy (non-hydrogen) atoms. The standard InChI is InChI=1S/C19H28O4/c1-6-8-9-23-19(22)16-11-13(5)14(7-2)15(10-12(3)4)17(16)18(20)21/h11-12H,6-10H2,1-5H3,(H,20,21). The summed E-state index contributed by atoms with van der Waals surface area (Å²) in [7, 11) is 0. The van der Waals surface area contributed by atoms with Crippen molar-refractivity contribution < 1.29 is 19.4 Å². The first-order valence-corrected chi connectivity index (χ1v) is 8.39. The molecule has 0 spiro atoms. The molecule has 1 rings (SSSR count). The van der Waals surface area contributed by atoms with E-state index in [1.54, 1.807) is 6.07 Å². The third kappa shape index (κ3) is 4.81. The van der Waals surface area contributed by atoms with Crippen LogP contribution in [-0.4, -0.2) is 23.7 Å². The first kappa shape index (κ1) is 19.2. The number of aromatic carboxylic acids is 1. The fraction of sp³-hybridized carbons (Fsp3) is 0.579. The zero-order valence-corrected chi connectivity index (χ0v) is 14.9. The van der Waals surface area contributed by atoms with E-state index in [-0.39, 0.29) is 11.1 Å². The number of hydrogen-bond donors (Lipinski definition) is 1. The predicted molar refractivity (Wildman–Crippen MR) is 91.2 cm³/mol. The highest BCUT2D eigenvalue weighted by Crippen LogP contribution is 2.27.